The fraction of sp³-hybridized carbons (Fsp3) is 0.300. The number of rotatable bonds is 7. The Morgan fingerprint density at radius 3 is 2.48 bits per heavy atom. The Morgan fingerprint density at radius 2 is 1.83 bits per heavy atom. The molecule has 0 bridgehead atoms. The third-order valence-corrected chi connectivity index (χ3v) is 5.80. The molecule has 0 spiro atoms. The second-order valence-corrected chi connectivity index (χ2v) is 8.38. The Balaban J connectivity index is 1.73. The first-order valence-corrected chi connectivity index (χ1v) is 10.7. The normalized spacial score (nSPS) is 16.2. The number of hydrogen-bond acceptors (Lipinski definition) is 5. The molecule has 9 heteroatoms. The lowest BCUT2D eigenvalue weighted by molar-refractivity contribution is -0.114. The Bertz CT molecular complexity index is 983. The zero-order chi connectivity index (χ0) is 20.9. The SMILES string of the molecule is CC(=O)Nc1ccc(S(=O)(=O)Nc2ccccc2C(=O)NC[C@@H]2CCCO2)cc1. The summed E-state index contributed by atoms with van der Waals surface area (Å²) < 4.78 is 33.4. The van der Waals surface area contributed by atoms with Gasteiger partial charge in [0.15, 0.2) is 0 Å². The van der Waals surface area contributed by atoms with Crippen LogP contribution in [0.1, 0.15) is 30.1 Å². The van der Waals surface area contributed by atoms with Gasteiger partial charge in [-0.15, -0.1) is 0 Å². The lowest BCUT2D eigenvalue weighted by Crippen LogP contribution is -2.32. The molecule has 154 valence electrons. The van der Waals surface area contributed by atoms with Crippen molar-refractivity contribution in [3.05, 3.63) is 54.1 Å². The number of hydrogen-bond donors (Lipinski definition) is 3. The van der Waals surface area contributed by atoms with Crippen LogP contribution >= 0.6 is 0 Å². The molecular formula is C20H23N3O5S. The third kappa shape index (κ3) is 5.55. The minimum atomic E-state index is -3.91. The van der Waals surface area contributed by atoms with E-state index in [9.17, 15) is 18.0 Å². The van der Waals surface area contributed by atoms with Gasteiger partial charge in [0.2, 0.25) is 5.91 Å². The van der Waals surface area contributed by atoms with Crippen LogP contribution in [0.4, 0.5) is 11.4 Å². The van der Waals surface area contributed by atoms with Crippen LogP contribution in [0.2, 0.25) is 0 Å². The van der Waals surface area contributed by atoms with Crippen molar-refractivity contribution >= 4 is 33.2 Å². The van der Waals surface area contributed by atoms with Gasteiger partial charge in [-0.05, 0) is 49.2 Å². The molecule has 2 aromatic carbocycles. The summed E-state index contributed by atoms with van der Waals surface area (Å²) in [6.07, 6.45) is 1.85. The van der Waals surface area contributed by atoms with Crippen LogP contribution in [-0.4, -0.2) is 39.5 Å². The smallest absolute Gasteiger partial charge is 0.261 e. The summed E-state index contributed by atoms with van der Waals surface area (Å²) in [5, 5.41) is 5.37. The average molecular weight is 417 g/mol. The Hall–Kier alpha value is -2.91. The predicted molar refractivity (Wildman–Crippen MR) is 109 cm³/mol. The highest BCUT2D eigenvalue weighted by Crippen LogP contribution is 2.21. The van der Waals surface area contributed by atoms with E-state index in [2.05, 4.69) is 15.4 Å². The van der Waals surface area contributed by atoms with Gasteiger partial charge in [0.1, 0.15) is 0 Å². The summed E-state index contributed by atoms with van der Waals surface area (Å²) in [5.41, 5.74) is 0.901. The van der Waals surface area contributed by atoms with E-state index < -0.39 is 10.0 Å². The molecule has 3 rings (SSSR count). The van der Waals surface area contributed by atoms with Crippen molar-refractivity contribution < 1.29 is 22.7 Å². The molecule has 1 atom stereocenters. The highest BCUT2D eigenvalue weighted by Gasteiger charge is 2.20. The molecule has 3 N–H and O–H groups in total. The fourth-order valence-electron chi connectivity index (χ4n) is 3.00. The van der Waals surface area contributed by atoms with E-state index in [0.717, 1.165) is 12.8 Å². The number of sulfonamides is 1. The number of benzene rings is 2. The average Bonchev–Trinajstić information content (AvgIpc) is 3.20. The van der Waals surface area contributed by atoms with E-state index in [-0.39, 0.29) is 34.1 Å². The van der Waals surface area contributed by atoms with Crippen molar-refractivity contribution in [3.63, 3.8) is 0 Å². The first kappa shape index (κ1) is 20.8. The van der Waals surface area contributed by atoms with Crippen molar-refractivity contribution in [1.82, 2.24) is 5.32 Å². The molecule has 2 amide bonds. The van der Waals surface area contributed by atoms with Gasteiger partial charge in [-0.25, -0.2) is 8.42 Å². The molecule has 0 aliphatic carbocycles. The van der Waals surface area contributed by atoms with Gasteiger partial charge >= 0.3 is 0 Å². The summed E-state index contributed by atoms with van der Waals surface area (Å²) in [4.78, 5) is 23.7. The van der Waals surface area contributed by atoms with Crippen molar-refractivity contribution in [2.45, 2.75) is 30.8 Å². The molecule has 1 aliphatic rings. The molecule has 2 aromatic rings. The van der Waals surface area contributed by atoms with Crippen LogP contribution in [0, 0.1) is 0 Å². The number of carbonyl (C=O) groups excluding carboxylic acids is 2. The lowest BCUT2D eigenvalue weighted by Gasteiger charge is -2.14. The van der Waals surface area contributed by atoms with Crippen molar-refractivity contribution in [2.24, 2.45) is 0 Å². The monoisotopic (exact) mass is 417 g/mol. The lowest BCUT2D eigenvalue weighted by atomic mass is 10.1. The standard InChI is InChI=1S/C20H23N3O5S/c1-14(24)22-15-8-10-17(11-9-15)29(26,27)23-19-7-3-2-6-18(19)20(25)21-13-16-5-4-12-28-16/h2-3,6-11,16,23H,4-5,12-13H2,1H3,(H,21,25)(H,22,24)/t16-/m0/s1. The van der Waals surface area contributed by atoms with E-state index >= 15 is 0 Å². The first-order chi connectivity index (χ1) is 13.8. The predicted octanol–water partition coefficient (Wildman–Crippen LogP) is 2.35. The van der Waals surface area contributed by atoms with E-state index in [0.29, 0.717) is 18.8 Å². The zero-order valence-electron chi connectivity index (χ0n) is 16.0. The highest BCUT2D eigenvalue weighted by atomic mass is 32.2. The third-order valence-electron chi connectivity index (χ3n) is 4.42. The maximum Gasteiger partial charge on any atom is 0.261 e. The molecule has 0 radical (unpaired) electrons. The molecule has 1 heterocycles. The molecule has 29 heavy (non-hydrogen) atoms. The quantitative estimate of drug-likeness (QED) is 0.640. The second-order valence-electron chi connectivity index (χ2n) is 6.70. The van der Waals surface area contributed by atoms with Gasteiger partial charge in [-0.2, -0.15) is 0 Å². The van der Waals surface area contributed by atoms with E-state index in [1.807, 2.05) is 0 Å². The molecule has 0 unspecified atom stereocenters. The maximum absolute atomic E-state index is 12.7. The number of para-hydroxylation sites is 1. The van der Waals surface area contributed by atoms with Crippen LogP contribution < -0.4 is 15.4 Å². The number of ether oxygens (including phenoxy) is 1. The summed E-state index contributed by atoms with van der Waals surface area (Å²) in [6, 6.07) is 12.2. The summed E-state index contributed by atoms with van der Waals surface area (Å²) in [6.45, 7) is 2.44. The van der Waals surface area contributed by atoms with Crippen LogP contribution in [0.25, 0.3) is 0 Å². The molecule has 1 fully saturated rings. The van der Waals surface area contributed by atoms with Crippen LogP contribution in [-0.2, 0) is 19.6 Å². The first-order valence-electron chi connectivity index (χ1n) is 9.24. The Kier molecular flexibility index (Phi) is 6.50. The minimum absolute atomic E-state index is 0.00932. The molecule has 0 aromatic heterocycles. The highest BCUT2D eigenvalue weighted by molar-refractivity contribution is 7.92. The second kappa shape index (κ2) is 9.06. The van der Waals surface area contributed by atoms with E-state index in [4.69, 9.17) is 4.74 Å². The van der Waals surface area contributed by atoms with Gasteiger partial charge in [-0.1, -0.05) is 12.1 Å². The summed E-state index contributed by atoms with van der Waals surface area (Å²) in [5.74, 6) is -0.624. The van der Waals surface area contributed by atoms with Gasteiger partial charge in [0.05, 0.1) is 22.3 Å². The van der Waals surface area contributed by atoms with Crippen LogP contribution in [0.15, 0.2) is 53.4 Å². The van der Waals surface area contributed by atoms with E-state index in [1.54, 1.807) is 18.2 Å². The van der Waals surface area contributed by atoms with Gasteiger partial charge < -0.3 is 15.4 Å². The van der Waals surface area contributed by atoms with E-state index in [1.165, 1.54) is 37.3 Å². The zero-order valence-corrected chi connectivity index (χ0v) is 16.8. The Morgan fingerprint density at radius 1 is 1.10 bits per heavy atom. The summed E-state index contributed by atoms with van der Waals surface area (Å²) >= 11 is 0. The molecule has 1 saturated heterocycles. The topological polar surface area (TPSA) is 114 Å². The molecule has 1 aliphatic heterocycles. The van der Waals surface area contributed by atoms with Crippen molar-refractivity contribution in [2.75, 3.05) is 23.2 Å². The van der Waals surface area contributed by atoms with Crippen LogP contribution in [0.5, 0.6) is 0 Å². The van der Waals surface area contributed by atoms with Gasteiger partial charge in [0, 0.05) is 25.8 Å². The molecular weight excluding hydrogens is 394 g/mol. The largest absolute Gasteiger partial charge is 0.376 e. The number of carbonyl (C=O) groups is 2. The Labute approximate surface area is 169 Å². The fourth-order valence-corrected chi connectivity index (χ4v) is 4.08. The van der Waals surface area contributed by atoms with Gasteiger partial charge in [0.25, 0.3) is 15.9 Å². The number of anilines is 2. The maximum atomic E-state index is 12.7. The summed E-state index contributed by atoms with van der Waals surface area (Å²) in [7, 11) is -3.91. The number of amides is 2. The molecule has 0 saturated carbocycles. The molecule has 8 nitrogen and oxygen atoms in total. The number of nitrogens with one attached hydrogen (secondary N) is 3. The van der Waals surface area contributed by atoms with Gasteiger partial charge in [-0.3, -0.25) is 14.3 Å². The minimum Gasteiger partial charge on any atom is -0.376 e. The van der Waals surface area contributed by atoms with Crippen molar-refractivity contribution in [3.8, 4) is 0 Å². The van der Waals surface area contributed by atoms with Crippen LogP contribution in [0.3, 0.4) is 0 Å². The van der Waals surface area contributed by atoms with Crippen molar-refractivity contribution in [1.29, 1.82) is 0 Å².